The van der Waals surface area contributed by atoms with Gasteiger partial charge in [-0.1, -0.05) is 36.8 Å². The van der Waals surface area contributed by atoms with Crippen molar-refractivity contribution in [2.45, 2.75) is 26.8 Å². The lowest BCUT2D eigenvalue weighted by Gasteiger charge is -2.06. The molecule has 84 valence electrons. The van der Waals surface area contributed by atoms with E-state index in [1.54, 1.807) is 0 Å². The van der Waals surface area contributed by atoms with Crippen LogP contribution in [0.5, 0.6) is 0 Å². The third-order valence-electron chi connectivity index (χ3n) is 2.36. The zero-order valence-electron chi connectivity index (χ0n) is 9.84. The quantitative estimate of drug-likeness (QED) is 0.667. The molecule has 0 aliphatic carbocycles. The van der Waals surface area contributed by atoms with Crippen LogP contribution in [0.25, 0.3) is 0 Å². The molecular formula is C13H22N2. The highest BCUT2D eigenvalue weighted by Crippen LogP contribution is 2.01. The van der Waals surface area contributed by atoms with E-state index in [1.807, 2.05) is 0 Å². The molecule has 1 aromatic carbocycles. The van der Waals surface area contributed by atoms with Crippen molar-refractivity contribution in [2.24, 2.45) is 0 Å². The summed E-state index contributed by atoms with van der Waals surface area (Å²) < 4.78 is 0. The molecule has 0 bridgehead atoms. The van der Waals surface area contributed by atoms with Crippen LogP contribution in [0.1, 0.15) is 24.5 Å². The summed E-state index contributed by atoms with van der Waals surface area (Å²) in [7, 11) is 0. The molecule has 2 N–H and O–H groups in total. The molecule has 15 heavy (non-hydrogen) atoms. The number of benzene rings is 1. The van der Waals surface area contributed by atoms with Gasteiger partial charge in [-0.2, -0.15) is 0 Å². The van der Waals surface area contributed by atoms with Gasteiger partial charge < -0.3 is 10.6 Å². The van der Waals surface area contributed by atoms with Gasteiger partial charge in [-0.05, 0) is 25.5 Å². The average Bonchev–Trinajstić information content (AvgIpc) is 2.26. The van der Waals surface area contributed by atoms with Gasteiger partial charge in [0.05, 0.1) is 0 Å². The summed E-state index contributed by atoms with van der Waals surface area (Å²) in [6, 6.07) is 8.68. The Morgan fingerprint density at radius 3 is 2.27 bits per heavy atom. The van der Waals surface area contributed by atoms with Crippen molar-refractivity contribution in [3.8, 4) is 0 Å². The Labute approximate surface area is 93.1 Å². The molecule has 0 aliphatic rings. The minimum Gasteiger partial charge on any atom is -0.315 e. The van der Waals surface area contributed by atoms with E-state index in [4.69, 9.17) is 0 Å². The fraction of sp³-hybridized carbons (Fsp3) is 0.538. The molecule has 1 rings (SSSR count). The van der Waals surface area contributed by atoms with Crippen LogP contribution < -0.4 is 10.6 Å². The van der Waals surface area contributed by atoms with Crippen LogP contribution in [0.3, 0.4) is 0 Å². The van der Waals surface area contributed by atoms with E-state index >= 15 is 0 Å². The number of nitrogens with one attached hydrogen (secondary N) is 2. The first kappa shape index (κ1) is 12.2. The van der Waals surface area contributed by atoms with Gasteiger partial charge in [-0.3, -0.25) is 0 Å². The van der Waals surface area contributed by atoms with Crippen LogP contribution in [0, 0.1) is 6.92 Å². The van der Waals surface area contributed by atoms with Gasteiger partial charge in [0, 0.05) is 19.6 Å². The molecule has 0 unspecified atom stereocenters. The maximum atomic E-state index is 3.42. The fourth-order valence-corrected chi connectivity index (χ4v) is 1.42. The van der Waals surface area contributed by atoms with Gasteiger partial charge >= 0.3 is 0 Å². The Balaban J connectivity index is 2.07. The molecule has 0 spiro atoms. The normalized spacial score (nSPS) is 10.5. The molecule has 0 aromatic heterocycles. The summed E-state index contributed by atoms with van der Waals surface area (Å²) in [4.78, 5) is 0. The summed E-state index contributed by atoms with van der Waals surface area (Å²) >= 11 is 0. The number of aryl methyl sites for hydroxylation is 1. The van der Waals surface area contributed by atoms with Crippen molar-refractivity contribution >= 4 is 0 Å². The zero-order chi connectivity index (χ0) is 10.9. The summed E-state index contributed by atoms with van der Waals surface area (Å²) in [5.74, 6) is 0. The standard InChI is InChI=1S/C13H22N2/c1-3-8-14-9-10-15-11-13-6-4-12(2)5-7-13/h4-7,14-15H,3,8-11H2,1-2H3. The van der Waals surface area contributed by atoms with Gasteiger partial charge in [0.15, 0.2) is 0 Å². The average molecular weight is 206 g/mol. The fourth-order valence-electron chi connectivity index (χ4n) is 1.42. The van der Waals surface area contributed by atoms with E-state index in [2.05, 4.69) is 48.7 Å². The van der Waals surface area contributed by atoms with Crippen molar-refractivity contribution in [3.05, 3.63) is 35.4 Å². The molecule has 0 fully saturated rings. The van der Waals surface area contributed by atoms with E-state index in [-0.39, 0.29) is 0 Å². The molecule has 0 saturated heterocycles. The van der Waals surface area contributed by atoms with Crippen molar-refractivity contribution in [1.29, 1.82) is 0 Å². The third kappa shape index (κ3) is 5.55. The minimum atomic E-state index is 0.966. The summed E-state index contributed by atoms with van der Waals surface area (Å²) in [6.45, 7) is 8.48. The topological polar surface area (TPSA) is 24.1 Å². The van der Waals surface area contributed by atoms with Crippen molar-refractivity contribution < 1.29 is 0 Å². The lowest BCUT2D eigenvalue weighted by molar-refractivity contribution is 0.607. The van der Waals surface area contributed by atoms with Gasteiger partial charge in [-0.25, -0.2) is 0 Å². The molecular weight excluding hydrogens is 184 g/mol. The van der Waals surface area contributed by atoms with Gasteiger partial charge in [0.1, 0.15) is 0 Å². The first-order valence-corrected chi connectivity index (χ1v) is 5.80. The highest BCUT2D eigenvalue weighted by molar-refractivity contribution is 5.20. The second-order valence-electron chi connectivity index (χ2n) is 3.91. The zero-order valence-corrected chi connectivity index (χ0v) is 9.84. The first-order valence-electron chi connectivity index (χ1n) is 5.80. The van der Waals surface area contributed by atoms with Crippen LogP contribution in [-0.2, 0) is 6.54 Å². The van der Waals surface area contributed by atoms with Crippen LogP contribution in [0.2, 0.25) is 0 Å². The van der Waals surface area contributed by atoms with E-state index in [0.717, 1.165) is 26.2 Å². The summed E-state index contributed by atoms with van der Waals surface area (Å²) in [5.41, 5.74) is 2.68. The van der Waals surface area contributed by atoms with Crippen LogP contribution in [0.15, 0.2) is 24.3 Å². The van der Waals surface area contributed by atoms with E-state index in [0.29, 0.717) is 0 Å². The van der Waals surface area contributed by atoms with Gasteiger partial charge in [0.2, 0.25) is 0 Å². The predicted molar refractivity (Wildman–Crippen MR) is 66.0 cm³/mol. The summed E-state index contributed by atoms with van der Waals surface area (Å²) in [5, 5.41) is 6.79. The Hall–Kier alpha value is -0.860. The SMILES string of the molecule is CCCNCCNCc1ccc(C)cc1. The van der Waals surface area contributed by atoms with Crippen LogP contribution in [0.4, 0.5) is 0 Å². The lowest BCUT2D eigenvalue weighted by atomic mass is 10.1. The van der Waals surface area contributed by atoms with Crippen LogP contribution >= 0.6 is 0 Å². The van der Waals surface area contributed by atoms with E-state index in [9.17, 15) is 0 Å². The maximum Gasteiger partial charge on any atom is 0.0206 e. The molecule has 2 heteroatoms. The highest BCUT2D eigenvalue weighted by atomic mass is 14.9. The highest BCUT2D eigenvalue weighted by Gasteiger charge is 1.91. The molecule has 0 atom stereocenters. The van der Waals surface area contributed by atoms with Crippen molar-refractivity contribution in [1.82, 2.24) is 10.6 Å². The number of rotatable bonds is 7. The van der Waals surface area contributed by atoms with E-state index < -0.39 is 0 Å². The van der Waals surface area contributed by atoms with Crippen molar-refractivity contribution in [3.63, 3.8) is 0 Å². The maximum absolute atomic E-state index is 3.42. The molecule has 0 saturated carbocycles. The smallest absolute Gasteiger partial charge is 0.0206 e. The van der Waals surface area contributed by atoms with Crippen molar-refractivity contribution in [2.75, 3.05) is 19.6 Å². The van der Waals surface area contributed by atoms with Gasteiger partial charge in [0.25, 0.3) is 0 Å². The Bertz CT molecular complexity index is 254. The second kappa shape index (κ2) is 7.43. The molecule has 0 aliphatic heterocycles. The Morgan fingerprint density at radius 1 is 0.933 bits per heavy atom. The minimum absolute atomic E-state index is 0.966. The number of hydrogen-bond acceptors (Lipinski definition) is 2. The number of hydrogen-bond donors (Lipinski definition) is 2. The van der Waals surface area contributed by atoms with E-state index in [1.165, 1.54) is 17.5 Å². The molecule has 1 aromatic rings. The summed E-state index contributed by atoms with van der Waals surface area (Å²) in [6.07, 6.45) is 1.21. The van der Waals surface area contributed by atoms with Gasteiger partial charge in [-0.15, -0.1) is 0 Å². The predicted octanol–water partition coefficient (Wildman–Crippen LogP) is 2.08. The molecule has 0 heterocycles. The third-order valence-corrected chi connectivity index (χ3v) is 2.36. The molecule has 0 amide bonds. The Morgan fingerprint density at radius 2 is 1.60 bits per heavy atom. The first-order chi connectivity index (χ1) is 7.33. The largest absolute Gasteiger partial charge is 0.315 e. The Kier molecular flexibility index (Phi) is 6.05. The molecule has 0 radical (unpaired) electrons. The lowest BCUT2D eigenvalue weighted by Crippen LogP contribution is -2.27. The molecule has 2 nitrogen and oxygen atoms in total. The monoisotopic (exact) mass is 206 g/mol. The van der Waals surface area contributed by atoms with Crippen LogP contribution in [-0.4, -0.2) is 19.6 Å². The second-order valence-corrected chi connectivity index (χ2v) is 3.91.